The van der Waals surface area contributed by atoms with Crippen LogP contribution in [0.5, 0.6) is 5.75 Å². The zero-order valence-electron chi connectivity index (χ0n) is 11.3. The number of hydrogen-bond acceptors (Lipinski definition) is 3. The Labute approximate surface area is 122 Å². The van der Waals surface area contributed by atoms with Crippen molar-refractivity contribution in [2.24, 2.45) is 0 Å². The summed E-state index contributed by atoms with van der Waals surface area (Å²) in [5.74, 6) is 0.847. The van der Waals surface area contributed by atoms with E-state index in [1.54, 1.807) is 19.5 Å². The maximum atomic E-state index is 6.19. The summed E-state index contributed by atoms with van der Waals surface area (Å²) in [6.07, 6.45) is 3.45. The van der Waals surface area contributed by atoms with Gasteiger partial charge in [-0.25, -0.2) is 0 Å². The molecule has 1 aromatic carbocycles. The normalized spacial score (nSPS) is 10.9. The summed E-state index contributed by atoms with van der Waals surface area (Å²) < 4.78 is 7.08. The van der Waals surface area contributed by atoms with E-state index in [1.807, 2.05) is 35.9 Å². The lowest BCUT2D eigenvalue weighted by Crippen LogP contribution is -2.02. The van der Waals surface area contributed by atoms with Gasteiger partial charge in [0.15, 0.2) is 0 Å². The lowest BCUT2D eigenvalue weighted by molar-refractivity contribution is 0.414. The van der Waals surface area contributed by atoms with E-state index in [0.29, 0.717) is 11.6 Å². The van der Waals surface area contributed by atoms with Crippen LogP contribution in [0.4, 0.5) is 0 Å². The molecule has 0 saturated heterocycles. The van der Waals surface area contributed by atoms with Gasteiger partial charge in [-0.3, -0.25) is 9.67 Å². The largest absolute Gasteiger partial charge is 0.497 e. The average molecular weight is 288 g/mol. The Balaban J connectivity index is 2.00. The van der Waals surface area contributed by atoms with Gasteiger partial charge in [-0.05, 0) is 24.6 Å². The lowest BCUT2D eigenvalue weighted by atomic mass is 10.2. The Kier molecular flexibility index (Phi) is 3.32. The van der Waals surface area contributed by atoms with Crippen molar-refractivity contribution in [3.63, 3.8) is 0 Å². The number of nitrogens with zero attached hydrogens (tertiary/aromatic N) is 3. The smallest absolute Gasteiger partial charge is 0.118 e. The fraction of sp³-hybridized carbons (Fsp3) is 0.200. The number of hydrogen-bond donors (Lipinski definition) is 0. The van der Waals surface area contributed by atoms with Gasteiger partial charge in [0, 0.05) is 11.6 Å². The predicted octanol–water partition coefficient (Wildman–Crippen LogP) is 3.45. The molecule has 20 heavy (non-hydrogen) atoms. The number of rotatable bonds is 3. The van der Waals surface area contributed by atoms with Crippen LogP contribution >= 0.6 is 11.6 Å². The molecule has 0 unspecified atom stereocenters. The summed E-state index contributed by atoms with van der Waals surface area (Å²) in [5.41, 5.74) is 3.02. The summed E-state index contributed by atoms with van der Waals surface area (Å²) in [5, 5.41) is 6.16. The summed E-state index contributed by atoms with van der Waals surface area (Å²) in [6.45, 7) is 2.63. The van der Waals surface area contributed by atoms with E-state index >= 15 is 0 Å². The summed E-state index contributed by atoms with van der Waals surface area (Å²) in [7, 11) is 1.66. The van der Waals surface area contributed by atoms with Crippen LogP contribution in [0, 0.1) is 6.92 Å². The van der Waals surface area contributed by atoms with Gasteiger partial charge in [-0.15, -0.1) is 0 Å². The van der Waals surface area contributed by atoms with Crippen LogP contribution in [0.3, 0.4) is 0 Å². The van der Waals surface area contributed by atoms with Crippen LogP contribution in [0.2, 0.25) is 5.02 Å². The summed E-state index contributed by atoms with van der Waals surface area (Å²) in [4.78, 5) is 4.14. The third-order valence-electron chi connectivity index (χ3n) is 3.28. The van der Waals surface area contributed by atoms with E-state index in [1.165, 1.54) is 0 Å². The minimum Gasteiger partial charge on any atom is -0.497 e. The molecule has 5 heteroatoms. The first-order valence-electron chi connectivity index (χ1n) is 6.28. The first kappa shape index (κ1) is 12.9. The van der Waals surface area contributed by atoms with Gasteiger partial charge < -0.3 is 4.74 Å². The molecular weight excluding hydrogens is 274 g/mol. The van der Waals surface area contributed by atoms with Gasteiger partial charge in [0.2, 0.25) is 0 Å². The van der Waals surface area contributed by atoms with Crippen LogP contribution in [0.1, 0.15) is 11.3 Å². The highest BCUT2D eigenvalue weighted by atomic mass is 35.5. The molecule has 0 amide bonds. The van der Waals surface area contributed by atoms with Gasteiger partial charge >= 0.3 is 0 Å². The Morgan fingerprint density at radius 1 is 1.20 bits per heavy atom. The van der Waals surface area contributed by atoms with Crippen molar-refractivity contribution in [2.45, 2.75) is 13.5 Å². The minimum absolute atomic E-state index is 0.640. The van der Waals surface area contributed by atoms with Gasteiger partial charge in [0.1, 0.15) is 5.75 Å². The second-order valence-corrected chi connectivity index (χ2v) is 5.01. The Hall–Kier alpha value is -2.07. The van der Waals surface area contributed by atoms with E-state index in [4.69, 9.17) is 16.3 Å². The molecule has 3 rings (SSSR count). The molecular formula is C15H14ClN3O. The number of methoxy groups -OCH3 is 1. The molecule has 0 aliphatic heterocycles. The molecule has 3 aromatic rings. The molecule has 0 bridgehead atoms. The monoisotopic (exact) mass is 287 g/mol. The molecule has 0 aliphatic carbocycles. The van der Waals surface area contributed by atoms with Crippen molar-refractivity contribution < 1.29 is 4.74 Å². The first-order valence-corrected chi connectivity index (χ1v) is 6.66. The third kappa shape index (κ3) is 2.23. The number of fused-ring (bicyclic) bond motifs is 1. The summed E-state index contributed by atoms with van der Waals surface area (Å²) in [6, 6.07) is 7.94. The van der Waals surface area contributed by atoms with Crippen molar-refractivity contribution in [1.82, 2.24) is 14.8 Å². The lowest BCUT2D eigenvalue weighted by Gasteiger charge is -2.05. The van der Waals surface area contributed by atoms with Crippen LogP contribution in [0.15, 0.2) is 36.7 Å². The number of benzene rings is 1. The van der Waals surface area contributed by atoms with Crippen molar-refractivity contribution in [3.05, 3.63) is 52.9 Å². The van der Waals surface area contributed by atoms with Gasteiger partial charge in [-0.2, -0.15) is 5.10 Å². The topological polar surface area (TPSA) is 39.9 Å². The number of aromatic nitrogens is 3. The summed E-state index contributed by atoms with van der Waals surface area (Å²) >= 11 is 6.19. The highest BCUT2D eigenvalue weighted by molar-refractivity contribution is 6.35. The zero-order chi connectivity index (χ0) is 14.1. The van der Waals surface area contributed by atoms with Crippen LogP contribution < -0.4 is 4.74 Å². The van der Waals surface area contributed by atoms with E-state index in [-0.39, 0.29) is 0 Å². The fourth-order valence-electron chi connectivity index (χ4n) is 2.29. The quantitative estimate of drug-likeness (QED) is 0.741. The number of halogens is 1. The maximum absolute atomic E-state index is 6.19. The SMILES string of the molecule is COc1ccc(Cn2nc(C)c3c(Cl)cncc32)cc1. The number of ether oxygens (including phenoxy) is 1. The molecule has 0 aliphatic rings. The Morgan fingerprint density at radius 2 is 1.95 bits per heavy atom. The standard InChI is InChI=1S/C15H14ClN3O/c1-10-15-13(16)7-17-8-14(15)19(18-10)9-11-3-5-12(20-2)6-4-11/h3-8H,9H2,1-2H3. The van der Waals surface area contributed by atoms with E-state index in [9.17, 15) is 0 Å². The van der Waals surface area contributed by atoms with E-state index in [2.05, 4.69) is 10.1 Å². The van der Waals surface area contributed by atoms with Crippen molar-refractivity contribution in [3.8, 4) is 5.75 Å². The second-order valence-electron chi connectivity index (χ2n) is 4.61. The highest BCUT2D eigenvalue weighted by Gasteiger charge is 2.11. The van der Waals surface area contributed by atoms with Crippen molar-refractivity contribution in [2.75, 3.05) is 7.11 Å². The average Bonchev–Trinajstić information content (AvgIpc) is 2.77. The van der Waals surface area contributed by atoms with Crippen LogP contribution in [-0.4, -0.2) is 21.9 Å². The van der Waals surface area contributed by atoms with Gasteiger partial charge in [-0.1, -0.05) is 23.7 Å². The van der Waals surface area contributed by atoms with Crippen molar-refractivity contribution >= 4 is 22.5 Å². The zero-order valence-corrected chi connectivity index (χ0v) is 12.1. The second kappa shape index (κ2) is 5.13. The third-order valence-corrected chi connectivity index (χ3v) is 3.57. The predicted molar refractivity (Wildman–Crippen MR) is 79.4 cm³/mol. The van der Waals surface area contributed by atoms with Crippen LogP contribution in [0.25, 0.3) is 10.9 Å². The molecule has 102 valence electrons. The van der Waals surface area contributed by atoms with Crippen molar-refractivity contribution in [1.29, 1.82) is 0 Å². The number of aryl methyl sites for hydroxylation is 1. The van der Waals surface area contributed by atoms with Crippen LogP contribution in [-0.2, 0) is 6.54 Å². The van der Waals surface area contributed by atoms with Gasteiger partial charge in [0.05, 0.1) is 36.1 Å². The fourth-order valence-corrected chi connectivity index (χ4v) is 2.58. The minimum atomic E-state index is 0.640. The molecule has 0 radical (unpaired) electrons. The molecule has 0 saturated carbocycles. The van der Waals surface area contributed by atoms with E-state index in [0.717, 1.165) is 27.9 Å². The first-order chi connectivity index (χ1) is 9.69. The number of pyridine rings is 1. The molecule has 0 N–H and O–H groups in total. The van der Waals surface area contributed by atoms with E-state index < -0.39 is 0 Å². The Morgan fingerprint density at radius 3 is 2.65 bits per heavy atom. The molecule has 0 atom stereocenters. The molecule has 2 heterocycles. The maximum Gasteiger partial charge on any atom is 0.118 e. The highest BCUT2D eigenvalue weighted by Crippen LogP contribution is 2.25. The molecule has 2 aromatic heterocycles. The molecule has 4 nitrogen and oxygen atoms in total. The van der Waals surface area contributed by atoms with Gasteiger partial charge in [0.25, 0.3) is 0 Å². The molecule has 0 fully saturated rings. The molecule has 0 spiro atoms. The Bertz CT molecular complexity index is 750.